The Morgan fingerprint density at radius 3 is 2.17 bits per heavy atom. The van der Waals surface area contributed by atoms with Crippen molar-refractivity contribution >= 4 is 29.3 Å². The molecule has 9 heteroatoms. The number of carbonyl (C=O) groups excluding carboxylic acids is 4. The van der Waals surface area contributed by atoms with Gasteiger partial charge >= 0.3 is 0 Å². The first-order valence-electron chi connectivity index (χ1n) is 9.78. The highest BCUT2D eigenvalue weighted by molar-refractivity contribution is 6.13. The average molecular weight is 417 g/mol. The van der Waals surface area contributed by atoms with Gasteiger partial charge in [-0.2, -0.15) is 0 Å². The number of benzene rings is 1. The fraction of sp³-hybridized carbons (Fsp3) is 0.429. The van der Waals surface area contributed by atoms with Crippen LogP contribution in [0.3, 0.4) is 0 Å². The van der Waals surface area contributed by atoms with Gasteiger partial charge in [-0.1, -0.05) is 17.7 Å². The number of nitrogens with one attached hydrogen (secondary N) is 2. The summed E-state index contributed by atoms with van der Waals surface area (Å²) in [6.07, 6.45) is 2.67. The van der Waals surface area contributed by atoms with E-state index < -0.39 is 11.8 Å². The number of ether oxygens (including phenoxy) is 2. The van der Waals surface area contributed by atoms with Gasteiger partial charge in [0.2, 0.25) is 11.8 Å². The van der Waals surface area contributed by atoms with E-state index in [0.29, 0.717) is 33.0 Å². The molecule has 0 aliphatic carbocycles. The number of hydrogen-bond acceptors (Lipinski definition) is 6. The van der Waals surface area contributed by atoms with Crippen LogP contribution in [0.5, 0.6) is 0 Å². The van der Waals surface area contributed by atoms with E-state index in [1.54, 1.807) is 0 Å². The quantitative estimate of drug-likeness (QED) is 0.362. The highest BCUT2D eigenvalue weighted by Gasteiger charge is 2.23. The van der Waals surface area contributed by atoms with E-state index in [-0.39, 0.29) is 31.2 Å². The molecule has 4 amide bonds. The minimum Gasteiger partial charge on any atom is -0.379 e. The molecule has 1 aliphatic heterocycles. The largest absolute Gasteiger partial charge is 0.379 e. The van der Waals surface area contributed by atoms with Gasteiger partial charge in [-0.05, 0) is 19.1 Å². The summed E-state index contributed by atoms with van der Waals surface area (Å²) in [6.45, 7) is 3.65. The maximum atomic E-state index is 11.8. The first-order chi connectivity index (χ1) is 14.5. The van der Waals surface area contributed by atoms with Crippen LogP contribution < -0.4 is 10.6 Å². The number of amides is 4. The van der Waals surface area contributed by atoms with Crippen molar-refractivity contribution in [1.29, 1.82) is 0 Å². The van der Waals surface area contributed by atoms with Crippen molar-refractivity contribution in [1.82, 2.24) is 10.2 Å². The third-order valence-corrected chi connectivity index (χ3v) is 4.21. The van der Waals surface area contributed by atoms with E-state index >= 15 is 0 Å². The Morgan fingerprint density at radius 2 is 1.50 bits per heavy atom. The van der Waals surface area contributed by atoms with Crippen LogP contribution in [0.25, 0.3) is 0 Å². The van der Waals surface area contributed by atoms with Gasteiger partial charge in [-0.3, -0.25) is 24.1 Å². The van der Waals surface area contributed by atoms with Crippen LogP contribution >= 0.6 is 0 Å². The highest BCUT2D eigenvalue weighted by atomic mass is 16.5. The van der Waals surface area contributed by atoms with Gasteiger partial charge in [0.15, 0.2) is 0 Å². The molecule has 1 aliphatic rings. The molecule has 9 nitrogen and oxygen atoms in total. The molecule has 0 atom stereocenters. The van der Waals surface area contributed by atoms with Crippen molar-refractivity contribution in [3.63, 3.8) is 0 Å². The van der Waals surface area contributed by atoms with E-state index in [4.69, 9.17) is 9.47 Å². The van der Waals surface area contributed by atoms with E-state index in [0.717, 1.165) is 16.2 Å². The summed E-state index contributed by atoms with van der Waals surface area (Å²) < 4.78 is 10.7. The lowest BCUT2D eigenvalue weighted by atomic mass is 10.2. The van der Waals surface area contributed by atoms with Crippen LogP contribution in [0.2, 0.25) is 0 Å². The summed E-state index contributed by atoms with van der Waals surface area (Å²) in [6, 6.07) is 7.56. The summed E-state index contributed by atoms with van der Waals surface area (Å²) >= 11 is 0. The van der Waals surface area contributed by atoms with Crippen molar-refractivity contribution in [2.24, 2.45) is 0 Å². The fourth-order valence-electron chi connectivity index (χ4n) is 2.56. The molecule has 0 saturated carbocycles. The summed E-state index contributed by atoms with van der Waals surface area (Å²) in [5.41, 5.74) is 1.88. The molecular weight excluding hydrogens is 390 g/mol. The number of nitrogens with zero attached hydrogens (tertiary/aromatic N) is 1. The number of anilines is 1. The van der Waals surface area contributed by atoms with Gasteiger partial charge in [0.1, 0.15) is 0 Å². The number of rotatable bonds is 13. The third kappa shape index (κ3) is 8.54. The topological polar surface area (TPSA) is 114 Å². The van der Waals surface area contributed by atoms with Crippen molar-refractivity contribution in [3.8, 4) is 0 Å². The molecule has 0 spiro atoms. The zero-order valence-electron chi connectivity index (χ0n) is 17.0. The van der Waals surface area contributed by atoms with Gasteiger partial charge < -0.3 is 20.1 Å². The molecule has 1 heterocycles. The standard InChI is InChI=1S/C21H27N3O6/c1-16-2-4-17(5-3-16)23-19(26)9-12-29-14-15-30-13-10-22-18(25)8-11-24-20(27)6-7-21(24)28/h2-7H,8-15H2,1H3,(H,22,25)(H,23,26). The lowest BCUT2D eigenvalue weighted by molar-refractivity contribution is -0.137. The van der Waals surface area contributed by atoms with Crippen molar-refractivity contribution in [3.05, 3.63) is 42.0 Å². The van der Waals surface area contributed by atoms with E-state index in [1.807, 2.05) is 31.2 Å². The van der Waals surface area contributed by atoms with Gasteiger partial charge in [0.25, 0.3) is 11.8 Å². The Kier molecular flexibility index (Phi) is 9.69. The molecule has 0 saturated heterocycles. The molecule has 0 aromatic heterocycles. The van der Waals surface area contributed by atoms with E-state index in [2.05, 4.69) is 10.6 Å². The Balaban J connectivity index is 1.40. The van der Waals surface area contributed by atoms with Gasteiger partial charge in [-0.25, -0.2) is 0 Å². The molecule has 1 aromatic rings. The Morgan fingerprint density at radius 1 is 0.867 bits per heavy atom. The number of imide groups is 1. The van der Waals surface area contributed by atoms with Gasteiger partial charge in [0.05, 0.1) is 32.8 Å². The predicted octanol–water partition coefficient (Wildman–Crippen LogP) is 0.788. The number of carbonyl (C=O) groups is 4. The molecule has 0 fully saturated rings. The monoisotopic (exact) mass is 417 g/mol. The minimum atomic E-state index is -0.399. The van der Waals surface area contributed by atoms with Crippen LogP contribution in [-0.4, -0.2) is 68.0 Å². The summed E-state index contributed by atoms with van der Waals surface area (Å²) in [4.78, 5) is 47.3. The molecule has 2 N–H and O–H groups in total. The first kappa shape index (κ1) is 23.2. The Labute approximate surface area is 175 Å². The zero-order valence-corrected chi connectivity index (χ0v) is 17.0. The lowest BCUT2D eigenvalue weighted by Gasteiger charge is -2.13. The predicted molar refractivity (Wildman–Crippen MR) is 110 cm³/mol. The number of aryl methyl sites for hydroxylation is 1. The van der Waals surface area contributed by atoms with Crippen LogP contribution in [-0.2, 0) is 28.7 Å². The molecule has 0 unspecified atom stereocenters. The van der Waals surface area contributed by atoms with Gasteiger partial charge in [-0.15, -0.1) is 0 Å². The normalized spacial score (nSPS) is 13.0. The van der Waals surface area contributed by atoms with Crippen molar-refractivity contribution < 1.29 is 28.7 Å². The van der Waals surface area contributed by atoms with Crippen LogP contribution in [0, 0.1) is 6.92 Å². The van der Waals surface area contributed by atoms with Crippen molar-refractivity contribution in [2.45, 2.75) is 19.8 Å². The van der Waals surface area contributed by atoms with Crippen LogP contribution in [0.4, 0.5) is 5.69 Å². The smallest absolute Gasteiger partial charge is 0.253 e. The second-order valence-electron chi connectivity index (χ2n) is 6.65. The van der Waals surface area contributed by atoms with Crippen LogP contribution in [0.15, 0.2) is 36.4 Å². The zero-order chi connectivity index (χ0) is 21.8. The summed E-state index contributed by atoms with van der Waals surface area (Å²) in [5, 5.41) is 5.45. The molecule has 1 aromatic carbocycles. The molecule has 0 bridgehead atoms. The van der Waals surface area contributed by atoms with Crippen molar-refractivity contribution in [2.75, 3.05) is 44.8 Å². The maximum absolute atomic E-state index is 11.8. The first-order valence-corrected chi connectivity index (χ1v) is 9.78. The van der Waals surface area contributed by atoms with E-state index in [1.165, 1.54) is 12.2 Å². The highest BCUT2D eigenvalue weighted by Crippen LogP contribution is 2.08. The fourth-order valence-corrected chi connectivity index (χ4v) is 2.56. The second-order valence-corrected chi connectivity index (χ2v) is 6.65. The Hall–Kier alpha value is -3.04. The molecule has 2 rings (SSSR count). The maximum Gasteiger partial charge on any atom is 0.253 e. The van der Waals surface area contributed by atoms with Gasteiger partial charge in [0, 0.05) is 37.3 Å². The molecule has 0 radical (unpaired) electrons. The minimum absolute atomic E-state index is 0.0485. The van der Waals surface area contributed by atoms with Crippen LogP contribution in [0.1, 0.15) is 18.4 Å². The average Bonchev–Trinajstić information content (AvgIpc) is 3.04. The van der Waals surface area contributed by atoms with E-state index in [9.17, 15) is 19.2 Å². The molecular formula is C21H27N3O6. The lowest BCUT2D eigenvalue weighted by Crippen LogP contribution is -2.35. The summed E-state index contributed by atoms with van der Waals surface area (Å²) in [7, 11) is 0. The molecule has 162 valence electrons. The Bertz CT molecular complexity index is 757. The number of hydrogen-bond donors (Lipinski definition) is 2. The second kappa shape index (κ2) is 12.5. The SMILES string of the molecule is Cc1ccc(NC(=O)CCOCCOCCNC(=O)CCN2C(=O)C=CC2=O)cc1. The third-order valence-electron chi connectivity index (χ3n) is 4.21. The summed E-state index contributed by atoms with van der Waals surface area (Å²) in [5.74, 6) is -1.18. The molecule has 30 heavy (non-hydrogen) atoms.